The number of alkyl halides is 3. The number of halogens is 3. The summed E-state index contributed by atoms with van der Waals surface area (Å²) in [5, 5.41) is 15.1. The van der Waals surface area contributed by atoms with Crippen LogP contribution < -0.4 is 14.8 Å². The van der Waals surface area contributed by atoms with Crippen molar-refractivity contribution in [1.29, 1.82) is 0 Å². The SMILES string of the molecule is CCC(C)(Nc1ccc(OC)c(OC)c1)c1nnnn1-c1cccc(C(F)(F)F)c1. The van der Waals surface area contributed by atoms with Crippen LogP contribution in [0.5, 0.6) is 11.5 Å². The van der Waals surface area contributed by atoms with Crippen LogP contribution in [-0.2, 0) is 11.7 Å². The monoisotopic (exact) mass is 421 g/mol. The number of rotatable bonds is 7. The lowest BCUT2D eigenvalue weighted by Gasteiger charge is -2.30. The van der Waals surface area contributed by atoms with Gasteiger partial charge in [-0.3, -0.25) is 0 Å². The molecule has 0 fully saturated rings. The fraction of sp³-hybridized carbons (Fsp3) is 0.350. The van der Waals surface area contributed by atoms with Crippen LogP contribution in [0.2, 0.25) is 0 Å². The van der Waals surface area contributed by atoms with E-state index in [1.165, 1.54) is 23.9 Å². The molecule has 0 bridgehead atoms. The number of hydrogen-bond donors (Lipinski definition) is 1. The van der Waals surface area contributed by atoms with Crippen LogP contribution in [0.3, 0.4) is 0 Å². The molecule has 3 aromatic rings. The van der Waals surface area contributed by atoms with Crippen LogP contribution in [0.4, 0.5) is 18.9 Å². The highest BCUT2D eigenvalue weighted by atomic mass is 19.4. The molecule has 0 spiro atoms. The minimum absolute atomic E-state index is 0.221. The lowest BCUT2D eigenvalue weighted by Crippen LogP contribution is -2.34. The van der Waals surface area contributed by atoms with Crippen LogP contribution in [0.1, 0.15) is 31.7 Å². The summed E-state index contributed by atoms with van der Waals surface area (Å²) in [6.45, 7) is 3.80. The normalized spacial score (nSPS) is 13.6. The number of hydrogen-bond acceptors (Lipinski definition) is 6. The van der Waals surface area contributed by atoms with E-state index >= 15 is 0 Å². The first kappa shape index (κ1) is 21.4. The maximum absolute atomic E-state index is 13.1. The van der Waals surface area contributed by atoms with Gasteiger partial charge in [0.25, 0.3) is 0 Å². The van der Waals surface area contributed by atoms with Gasteiger partial charge in [-0.15, -0.1) is 5.10 Å². The zero-order valence-corrected chi connectivity index (χ0v) is 17.0. The van der Waals surface area contributed by atoms with E-state index in [2.05, 4.69) is 20.8 Å². The molecule has 10 heteroatoms. The Morgan fingerprint density at radius 1 is 1.03 bits per heavy atom. The molecule has 0 aliphatic heterocycles. The molecule has 1 heterocycles. The summed E-state index contributed by atoms with van der Waals surface area (Å²) in [5.74, 6) is 1.49. The lowest BCUT2D eigenvalue weighted by atomic mass is 9.96. The zero-order chi connectivity index (χ0) is 21.9. The van der Waals surface area contributed by atoms with Gasteiger partial charge in [-0.1, -0.05) is 13.0 Å². The van der Waals surface area contributed by atoms with E-state index in [4.69, 9.17) is 9.47 Å². The number of benzene rings is 2. The van der Waals surface area contributed by atoms with Gasteiger partial charge >= 0.3 is 6.18 Å². The van der Waals surface area contributed by atoms with E-state index in [1.54, 1.807) is 19.2 Å². The summed E-state index contributed by atoms with van der Waals surface area (Å²) in [5.41, 5.74) is -0.612. The Hall–Kier alpha value is -3.30. The van der Waals surface area contributed by atoms with Crippen molar-refractivity contribution in [3.63, 3.8) is 0 Å². The number of methoxy groups -OCH3 is 2. The molecular weight excluding hydrogens is 399 g/mol. The third kappa shape index (κ3) is 4.17. The summed E-state index contributed by atoms with van der Waals surface area (Å²) in [4.78, 5) is 0. The molecule has 0 aliphatic carbocycles. The van der Waals surface area contributed by atoms with E-state index in [1.807, 2.05) is 19.9 Å². The van der Waals surface area contributed by atoms with Gasteiger partial charge in [-0.25, -0.2) is 0 Å². The van der Waals surface area contributed by atoms with Gasteiger partial charge in [-0.05, 0) is 54.1 Å². The highest BCUT2D eigenvalue weighted by Crippen LogP contribution is 2.35. The van der Waals surface area contributed by atoms with Crippen molar-refractivity contribution < 1.29 is 22.6 Å². The Balaban J connectivity index is 2.00. The molecule has 160 valence electrons. The number of nitrogens with one attached hydrogen (secondary N) is 1. The third-order valence-electron chi connectivity index (χ3n) is 4.89. The Bertz CT molecular complexity index is 1020. The topological polar surface area (TPSA) is 74.1 Å². The van der Waals surface area contributed by atoms with Gasteiger partial charge in [0.2, 0.25) is 0 Å². The average molecular weight is 421 g/mol. The Labute approximate surface area is 171 Å². The van der Waals surface area contributed by atoms with Gasteiger partial charge in [0.15, 0.2) is 17.3 Å². The molecular formula is C20H22F3N5O2. The highest BCUT2D eigenvalue weighted by Gasteiger charge is 2.34. The minimum Gasteiger partial charge on any atom is -0.493 e. The van der Waals surface area contributed by atoms with E-state index < -0.39 is 17.3 Å². The van der Waals surface area contributed by atoms with Crippen molar-refractivity contribution in [1.82, 2.24) is 20.2 Å². The van der Waals surface area contributed by atoms with E-state index in [-0.39, 0.29) is 5.69 Å². The predicted octanol–water partition coefficient (Wildman–Crippen LogP) is 4.44. The van der Waals surface area contributed by atoms with Crippen molar-refractivity contribution >= 4 is 5.69 Å². The zero-order valence-electron chi connectivity index (χ0n) is 17.0. The molecule has 1 aromatic heterocycles. The van der Waals surface area contributed by atoms with E-state index in [0.717, 1.165) is 17.8 Å². The van der Waals surface area contributed by atoms with Crippen LogP contribution in [0, 0.1) is 0 Å². The summed E-state index contributed by atoms with van der Waals surface area (Å²) in [7, 11) is 3.08. The first-order valence-corrected chi connectivity index (χ1v) is 9.18. The minimum atomic E-state index is -4.46. The summed E-state index contributed by atoms with van der Waals surface area (Å²) >= 11 is 0. The molecule has 7 nitrogen and oxygen atoms in total. The lowest BCUT2D eigenvalue weighted by molar-refractivity contribution is -0.137. The van der Waals surface area contributed by atoms with Crippen LogP contribution in [0.25, 0.3) is 5.69 Å². The Morgan fingerprint density at radius 3 is 2.40 bits per heavy atom. The van der Waals surface area contributed by atoms with Crippen molar-refractivity contribution in [2.75, 3.05) is 19.5 Å². The van der Waals surface area contributed by atoms with Gasteiger partial charge in [-0.2, -0.15) is 17.9 Å². The standard InChI is InChI=1S/C20H22F3N5O2/c1-5-19(2,24-14-9-10-16(29-3)17(12-14)30-4)18-25-26-27-28(18)15-8-6-7-13(11-15)20(21,22)23/h6-12,24H,5H2,1-4H3. The molecule has 0 aliphatic rings. The predicted molar refractivity (Wildman–Crippen MR) is 105 cm³/mol. The van der Waals surface area contributed by atoms with Crippen LogP contribution in [-0.4, -0.2) is 34.4 Å². The molecule has 0 radical (unpaired) electrons. The molecule has 0 saturated carbocycles. The fourth-order valence-electron chi connectivity index (χ4n) is 3.05. The summed E-state index contributed by atoms with van der Waals surface area (Å²) in [6.07, 6.45) is -3.91. The van der Waals surface area contributed by atoms with E-state index in [9.17, 15) is 13.2 Å². The van der Waals surface area contributed by atoms with Gasteiger partial charge in [0.1, 0.15) is 0 Å². The molecule has 0 amide bonds. The van der Waals surface area contributed by atoms with Crippen molar-refractivity contribution in [3.8, 4) is 17.2 Å². The summed E-state index contributed by atoms with van der Waals surface area (Å²) < 4.78 is 51.3. The molecule has 30 heavy (non-hydrogen) atoms. The second kappa shape index (κ2) is 8.21. The number of aromatic nitrogens is 4. The van der Waals surface area contributed by atoms with Gasteiger partial charge in [0, 0.05) is 11.8 Å². The maximum atomic E-state index is 13.1. The van der Waals surface area contributed by atoms with Crippen molar-refractivity contribution in [2.24, 2.45) is 0 Å². The van der Waals surface area contributed by atoms with Crippen LogP contribution >= 0.6 is 0 Å². The smallest absolute Gasteiger partial charge is 0.416 e. The van der Waals surface area contributed by atoms with Crippen molar-refractivity contribution in [3.05, 3.63) is 53.9 Å². The molecule has 1 atom stereocenters. The number of anilines is 1. The number of nitrogens with zero attached hydrogens (tertiary/aromatic N) is 4. The first-order valence-electron chi connectivity index (χ1n) is 9.18. The third-order valence-corrected chi connectivity index (χ3v) is 4.89. The second-order valence-corrected chi connectivity index (χ2v) is 6.84. The molecule has 2 aromatic carbocycles. The Morgan fingerprint density at radius 2 is 1.77 bits per heavy atom. The van der Waals surface area contributed by atoms with E-state index in [0.29, 0.717) is 23.7 Å². The highest BCUT2D eigenvalue weighted by molar-refractivity contribution is 5.56. The van der Waals surface area contributed by atoms with Gasteiger partial charge in [0.05, 0.1) is 31.0 Å². The van der Waals surface area contributed by atoms with Crippen molar-refractivity contribution in [2.45, 2.75) is 32.0 Å². The quantitative estimate of drug-likeness (QED) is 0.608. The average Bonchev–Trinajstić information content (AvgIpc) is 3.24. The molecule has 3 rings (SSSR count). The van der Waals surface area contributed by atoms with Crippen LogP contribution in [0.15, 0.2) is 42.5 Å². The number of ether oxygens (including phenoxy) is 2. The van der Waals surface area contributed by atoms with Gasteiger partial charge < -0.3 is 14.8 Å². The summed E-state index contributed by atoms with van der Waals surface area (Å²) in [6, 6.07) is 10.2. The second-order valence-electron chi connectivity index (χ2n) is 6.84. The first-order chi connectivity index (χ1) is 14.2. The Kier molecular flexibility index (Phi) is 5.86. The largest absolute Gasteiger partial charge is 0.493 e. The molecule has 1 unspecified atom stereocenters. The maximum Gasteiger partial charge on any atom is 0.416 e. The fourth-order valence-corrected chi connectivity index (χ4v) is 3.05. The molecule has 0 saturated heterocycles. The molecule has 1 N–H and O–H groups in total. The number of tetrazole rings is 1.